The fourth-order valence-corrected chi connectivity index (χ4v) is 4.18. The van der Waals surface area contributed by atoms with E-state index in [0.717, 1.165) is 37.5 Å². The molecule has 6 heteroatoms. The third kappa shape index (κ3) is 4.75. The average molecular weight is 407 g/mol. The number of carbonyl (C=O) groups excluding carboxylic acids is 1. The van der Waals surface area contributed by atoms with Gasteiger partial charge in [-0.3, -0.25) is 4.79 Å². The van der Waals surface area contributed by atoms with Crippen LogP contribution in [0.5, 0.6) is 5.75 Å². The molecule has 1 N–H and O–H groups in total. The number of nitrogens with zero attached hydrogens (tertiary/aromatic N) is 3. The molecule has 0 aliphatic carbocycles. The molecule has 2 aliphatic heterocycles. The van der Waals surface area contributed by atoms with Crippen LogP contribution in [0.3, 0.4) is 0 Å². The van der Waals surface area contributed by atoms with Crippen molar-refractivity contribution in [2.45, 2.75) is 32.1 Å². The summed E-state index contributed by atoms with van der Waals surface area (Å²) in [5, 5.41) is 4.14. The summed E-state index contributed by atoms with van der Waals surface area (Å²) in [7, 11) is 1.66. The summed E-state index contributed by atoms with van der Waals surface area (Å²) in [5.74, 6) is 0.536. The van der Waals surface area contributed by atoms with Crippen molar-refractivity contribution in [3.8, 4) is 5.75 Å². The molecule has 0 radical (unpaired) electrons. The average Bonchev–Trinajstić information content (AvgIpc) is 3.35. The molecule has 4 rings (SSSR count). The highest BCUT2D eigenvalue weighted by Gasteiger charge is 2.14. The van der Waals surface area contributed by atoms with E-state index in [1.807, 2.05) is 36.4 Å². The van der Waals surface area contributed by atoms with Gasteiger partial charge >= 0.3 is 0 Å². The molecule has 0 saturated carbocycles. The van der Waals surface area contributed by atoms with Gasteiger partial charge in [-0.2, -0.15) is 5.10 Å². The van der Waals surface area contributed by atoms with Crippen LogP contribution in [0.4, 0.5) is 11.4 Å². The Bertz CT molecular complexity index is 883. The van der Waals surface area contributed by atoms with Crippen LogP contribution in [0.1, 0.15) is 48.0 Å². The third-order valence-electron chi connectivity index (χ3n) is 5.91. The highest BCUT2D eigenvalue weighted by atomic mass is 16.5. The Morgan fingerprint density at radius 3 is 2.17 bits per heavy atom. The van der Waals surface area contributed by atoms with Crippen LogP contribution < -0.4 is 20.0 Å². The maximum Gasteiger partial charge on any atom is 0.271 e. The van der Waals surface area contributed by atoms with E-state index in [1.54, 1.807) is 13.3 Å². The van der Waals surface area contributed by atoms with Crippen molar-refractivity contribution in [1.82, 2.24) is 5.43 Å². The van der Waals surface area contributed by atoms with Crippen molar-refractivity contribution in [3.05, 3.63) is 53.6 Å². The number of hydrazone groups is 1. The van der Waals surface area contributed by atoms with Crippen molar-refractivity contribution in [2.75, 3.05) is 43.1 Å². The van der Waals surface area contributed by atoms with Gasteiger partial charge in [0.25, 0.3) is 5.91 Å². The normalized spacial score (nSPS) is 16.8. The molecule has 2 saturated heterocycles. The van der Waals surface area contributed by atoms with E-state index >= 15 is 0 Å². The summed E-state index contributed by atoms with van der Waals surface area (Å²) in [6.07, 6.45) is 7.88. The minimum Gasteiger partial charge on any atom is -0.496 e. The smallest absolute Gasteiger partial charge is 0.271 e. The van der Waals surface area contributed by atoms with Gasteiger partial charge in [0, 0.05) is 54.7 Å². The number of rotatable bonds is 6. The first-order valence-corrected chi connectivity index (χ1v) is 10.9. The molecular formula is C24H30N4O2. The zero-order valence-electron chi connectivity index (χ0n) is 17.6. The van der Waals surface area contributed by atoms with E-state index in [2.05, 4.69) is 26.4 Å². The van der Waals surface area contributed by atoms with Gasteiger partial charge in [-0.15, -0.1) is 0 Å². The molecule has 0 atom stereocenters. The van der Waals surface area contributed by atoms with Crippen LogP contribution in [0.15, 0.2) is 47.6 Å². The lowest BCUT2D eigenvalue weighted by atomic mass is 10.1. The van der Waals surface area contributed by atoms with Gasteiger partial charge in [-0.25, -0.2) is 5.43 Å². The molecule has 2 fully saturated rings. The molecule has 2 heterocycles. The highest BCUT2D eigenvalue weighted by molar-refractivity contribution is 5.95. The maximum absolute atomic E-state index is 12.4. The largest absolute Gasteiger partial charge is 0.496 e. The minimum atomic E-state index is -0.219. The second-order valence-corrected chi connectivity index (χ2v) is 7.91. The number of benzene rings is 2. The molecule has 0 spiro atoms. The summed E-state index contributed by atoms with van der Waals surface area (Å²) < 4.78 is 5.55. The number of piperidine rings is 1. The maximum atomic E-state index is 12.4. The Kier molecular flexibility index (Phi) is 6.52. The Balaban J connectivity index is 1.37. The zero-order valence-corrected chi connectivity index (χ0v) is 17.6. The van der Waals surface area contributed by atoms with Crippen LogP contribution in [0.2, 0.25) is 0 Å². The predicted molar refractivity (Wildman–Crippen MR) is 122 cm³/mol. The first kappa shape index (κ1) is 20.3. The third-order valence-corrected chi connectivity index (χ3v) is 5.91. The number of anilines is 2. The van der Waals surface area contributed by atoms with Gasteiger partial charge in [0.15, 0.2) is 0 Å². The summed E-state index contributed by atoms with van der Waals surface area (Å²) in [6, 6.07) is 13.8. The zero-order chi connectivity index (χ0) is 20.8. The monoisotopic (exact) mass is 406 g/mol. The molecule has 6 nitrogen and oxygen atoms in total. The standard InChI is InChI=1S/C24H30N4O2/c1-30-23-17-22(28-13-3-2-4-14-28)12-9-20(23)18-25-26-24(29)19-7-10-21(11-8-19)27-15-5-6-16-27/h7-12,17-18H,2-6,13-16H2,1H3,(H,26,29)/b25-18-. The fourth-order valence-electron chi connectivity index (χ4n) is 4.18. The van der Waals surface area contributed by atoms with Crippen molar-refractivity contribution in [3.63, 3.8) is 0 Å². The van der Waals surface area contributed by atoms with Crippen LogP contribution in [-0.4, -0.2) is 45.4 Å². The van der Waals surface area contributed by atoms with E-state index < -0.39 is 0 Å². The van der Waals surface area contributed by atoms with Gasteiger partial charge in [0.2, 0.25) is 0 Å². The van der Waals surface area contributed by atoms with E-state index in [0.29, 0.717) is 5.56 Å². The summed E-state index contributed by atoms with van der Waals surface area (Å²) in [6.45, 7) is 4.36. The number of amides is 1. The van der Waals surface area contributed by atoms with E-state index in [-0.39, 0.29) is 5.91 Å². The topological polar surface area (TPSA) is 57.2 Å². The van der Waals surface area contributed by atoms with Gasteiger partial charge in [-0.05, 0) is 68.5 Å². The van der Waals surface area contributed by atoms with Crippen molar-refractivity contribution < 1.29 is 9.53 Å². The second kappa shape index (κ2) is 9.65. The van der Waals surface area contributed by atoms with Crippen molar-refractivity contribution in [2.24, 2.45) is 5.10 Å². The molecule has 2 aromatic carbocycles. The first-order chi connectivity index (χ1) is 14.7. The van der Waals surface area contributed by atoms with Crippen LogP contribution in [0.25, 0.3) is 0 Å². The van der Waals surface area contributed by atoms with Gasteiger partial charge in [-0.1, -0.05) is 0 Å². The van der Waals surface area contributed by atoms with Crippen molar-refractivity contribution in [1.29, 1.82) is 0 Å². The SMILES string of the molecule is COc1cc(N2CCCCC2)ccc1/C=N\NC(=O)c1ccc(N2CCCC2)cc1. The van der Waals surface area contributed by atoms with Crippen LogP contribution in [-0.2, 0) is 0 Å². The number of ether oxygens (including phenoxy) is 1. The lowest BCUT2D eigenvalue weighted by molar-refractivity contribution is 0.0955. The number of carbonyl (C=O) groups is 1. The summed E-state index contributed by atoms with van der Waals surface area (Å²) in [5.41, 5.74) is 6.40. The lowest BCUT2D eigenvalue weighted by Gasteiger charge is -2.29. The van der Waals surface area contributed by atoms with E-state index in [1.165, 1.54) is 43.5 Å². The van der Waals surface area contributed by atoms with Gasteiger partial charge in [0.05, 0.1) is 13.3 Å². The second-order valence-electron chi connectivity index (χ2n) is 7.91. The van der Waals surface area contributed by atoms with Crippen LogP contribution in [0, 0.1) is 0 Å². The molecule has 0 unspecified atom stereocenters. The van der Waals surface area contributed by atoms with Gasteiger partial charge in [0.1, 0.15) is 5.75 Å². The summed E-state index contributed by atoms with van der Waals surface area (Å²) in [4.78, 5) is 17.1. The Labute approximate surface area is 178 Å². The molecule has 30 heavy (non-hydrogen) atoms. The molecule has 1 amide bonds. The molecule has 0 bridgehead atoms. The first-order valence-electron chi connectivity index (χ1n) is 10.9. The number of methoxy groups -OCH3 is 1. The summed E-state index contributed by atoms with van der Waals surface area (Å²) >= 11 is 0. The van der Waals surface area contributed by atoms with E-state index in [4.69, 9.17) is 4.74 Å². The predicted octanol–water partition coefficient (Wildman–Crippen LogP) is 4.05. The number of hydrogen-bond donors (Lipinski definition) is 1. The highest BCUT2D eigenvalue weighted by Crippen LogP contribution is 2.27. The van der Waals surface area contributed by atoms with E-state index in [9.17, 15) is 4.79 Å². The molecule has 2 aromatic rings. The minimum absolute atomic E-state index is 0.219. The van der Waals surface area contributed by atoms with Crippen LogP contribution >= 0.6 is 0 Å². The molecule has 2 aliphatic rings. The molecular weight excluding hydrogens is 376 g/mol. The number of hydrogen-bond acceptors (Lipinski definition) is 5. The molecule has 0 aromatic heterocycles. The Morgan fingerprint density at radius 2 is 1.50 bits per heavy atom. The lowest BCUT2D eigenvalue weighted by Crippen LogP contribution is -2.29. The van der Waals surface area contributed by atoms with Gasteiger partial charge < -0.3 is 14.5 Å². The quantitative estimate of drug-likeness (QED) is 0.581. The number of nitrogens with one attached hydrogen (secondary N) is 1. The van der Waals surface area contributed by atoms with Crippen molar-refractivity contribution >= 4 is 23.5 Å². The molecule has 158 valence electrons. The fraction of sp³-hybridized carbons (Fsp3) is 0.417. The Morgan fingerprint density at radius 1 is 0.900 bits per heavy atom. The Hall–Kier alpha value is -3.02.